The molecule has 74 valence electrons. The molecule has 0 saturated heterocycles. The van der Waals surface area contributed by atoms with Gasteiger partial charge in [0.05, 0.1) is 6.54 Å². The van der Waals surface area contributed by atoms with E-state index in [-0.39, 0.29) is 0 Å². The Morgan fingerprint density at radius 3 is 2.77 bits per heavy atom. The van der Waals surface area contributed by atoms with Crippen LogP contribution in [0.3, 0.4) is 0 Å². The summed E-state index contributed by atoms with van der Waals surface area (Å²) in [4.78, 5) is 3.92. The number of hydrogen-bond donors (Lipinski definition) is 1. The molecule has 1 N–H and O–H groups in total. The van der Waals surface area contributed by atoms with E-state index >= 15 is 0 Å². The third-order valence-corrected chi connectivity index (χ3v) is 2.28. The van der Waals surface area contributed by atoms with Gasteiger partial charge in [0.1, 0.15) is 0 Å². The van der Waals surface area contributed by atoms with Crippen molar-refractivity contribution in [3.8, 4) is 0 Å². The maximum absolute atomic E-state index is 4.62. The highest BCUT2D eigenvalue weighted by atomic mass is 16.5. The van der Waals surface area contributed by atoms with Crippen molar-refractivity contribution in [2.24, 2.45) is 5.92 Å². The van der Waals surface area contributed by atoms with Crippen LogP contribution >= 0.6 is 0 Å². The minimum Gasteiger partial charge on any atom is -0.343 e. The molecule has 0 aliphatic rings. The van der Waals surface area contributed by atoms with E-state index in [0.29, 0.717) is 6.54 Å². The van der Waals surface area contributed by atoms with Crippen molar-refractivity contribution in [1.82, 2.24) is 15.5 Å². The second-order valence-corrected chi connectivity index (χ2v) is 3.16. The predicted octanol–water partition coefficient (Wildman–Crippen LogP) is 1.60. The van der Waals surface area contributed by atoms with E-state index in [4.69, 9.17) is 0 Å². The van der Waals surface area contributed by atoms with Crippen molar-refractivity contribution >= 4 is 0 Å². The minimum atomic E-state index is 0.701. The van der Waals surface area contributed by atoms with Crippen molar-refractivity contribution in [2.75, 3.05) is 6.54 Å². The van der Waals surface area contributed by atoms with Crippen LogP contribution in [0, 0.1) is 5.92 Å². The Hall–Kier alpha value is -0.900. The van der Waals surface area contributed by atoms with Gasteiger partial charge in [-0.05, 0) is 12.5 Å². The lowest BCUT2D eigenvalue weighted by molar-refractivity contribution is 0.401. The van der Waals surface area contributed by atoms with Gasteiger partial charge in [-0.15, -0.1) is 0 Å². The first-order valence-electron chi connectivity index (χ1n) is 4.82. The first-order valence-corrected chi connectivity index (χ1v) is 4.82. The zero-order chi connectivity index (χ0) is 9.52. The molecule has 0 aliphatic heterocycles. The summed E-state index contributed by atoms with van der Waals surface area (Å²) >= 11 is 0. The molecule has 4 heteroatoms. The normalized spacial score (nSPS) is 11.0. The monoisotopic (exact) mass is 183 g/mol. The van der Waals surface area contributed by atoms with E-state index in [1.807, 2.05) is 0 Å². The van der Waals surface area contributed by atoms with Crippen molar-refractivity contribution in [3.05, 3.63) is 12.2 Å². The molecule has 0 unspecified atom stereocenters. The Balaban J connectivity index is 2.13. The largest absolute Gasteiger partial charge is 0.343 e. The lowest BCUT2D eigenvalue weighted by Crippen LogP contribution is -2.22. The highest BCUT2D eigenvalue weighted by Crippen LogP contribution is 2.05. The Labute approximate surface area is 78.7 Å². The van der Waals surface area contributed by atoms with Gasteiger partial charge in [0.2, 0.25) is 6.39 Å². The first-order chi connectivity index (χ1) is 6.36. The SMILES string of the molecule is CCC(CC)CNCc1ncon1. The molecule has 0 aliphatic carbocycles. The summed E-state index contributed by atoms with van der Waals surface area (Å²) < 4.78 is 4.62. The van der Waals surface area contributed by atoms with E-state index in [1.54, 1.807) is 0 Å². The third-order valence-electron chi connectivity index (χ3n) is 2.28. The molecule has 1 heterocycles. The highest BCUT2D eigenvalue weighted by Gasteiger charge is 2.03. The zero-order valence-corrected chi connectivity index (χ0v) is 8.29. The van der Waals surface area contributed by atoms with Crippen LogP contribution in [0.25, 0.3) is 0 Å². The first kappa shape index (κ1) is 10.2. The molecular formula is C9H17N3O. The molecule has 1 rings (SSSR count). The van der Waals surface area contributed by atoms with Gasteiger partial charge in [-0.2, -0.15) is 4.98 Å². The summed E-state index contributed by atoms with van der Waals surface area (Å²) in [7, 11) is 0. The minimum absolute atomic E-state index is 0.701. The Bertz CT molecular complexity index is 207. The lowest BCUT2D eigenvalue weighted by Gasteiger charge is -2.11. The van der Waals surface area contributed by atoms with Crippen LogP contribution in [-0.4, -0.2) is 16.7 Å². The molecule has 0 amide bonds. The molecule has 1 aromatic heterocycles. The Morgan fingerprint density at radius 2 is 2.23 bits per heavy atom. The average Bonchev–Trinajstić information content (AvgIpc) is 2.65. The van der Waals surface area contributed by atoms with Crippen molar-refractivity contribution in [3.63, 3.8) is 0 Å². The van der Waals surface area contributed by atoms with Crippen LogP contribution < -0.4 is 5.32 Å². The van der Waals surface area contributed by atoms with Gasteiger partial charge >= 0.3 is 0 Å². The molecule has 0 aromatic carbocycles. The van der Waals surface area contributed by atoms with E-state index in [0.717, 1.165) is 18.3 Å². The molecular weight excluding hydrogens is 166 g/mol. The second-order valence-electron chi connectivity index (χ2n) is 3.16. The molecule has 13 heavy (non-hydrogen) atoms. The van der Waals surface area contributed by atoms with E-state index < -0.39 is 0 Å². The number of aromatic nitrogens is 2. The van der Waals surface area contributed by atoms with Crippen LogP contribution in [0.5, 0.6) is 0 Å². The van der Waals surface area contributed by atoms with Gasteiger partial charge in [-0.1, -0.05) is 31.8 Å². The summed E-state index contributed by atoms with van der Waals surface area (Å²) in [6.07, 6.45) is 3.79. The topological polar surface area (TPSA) is 51.0 Å². The fraction of sp³-hybridized carbons (Fsp3) is 0.778. The van der Waals surface area contributed by atoms with Crippen LogP contribution in [0.4, 0.5) is 0 Å². The fourth-order valence-electron chi connectivity index (χ4n) is 1.24. The molecule has 4 nitrogen and oxygen atoms in total. The average molecular weight is 183 g/mol. The number of rotatable bonds is 6. The summed E-state index contributed by atoms with van der Waals surface area (Å²) in [6.45, 7) is 6.16. The number of hydrogen-bond acceptors (Lipinski definition) is 4. The highest BCUT2D eigenvalue weighted by molar-refractivity contribution is 4.76. The molecule has 0 bridgehead atoms. The van der Waals surface area contributed by atoms with Gasteiger partial charge in [-0.3, -0.25) is 0 Å². The van der Waals surface area contributed by atoms with E-state index in [1.165, 1.54) is 19.2 Å². The van der Waals surface area contributed by atoms with Crippen LogP contribution in [0.2, 0.25) is 0 Å². The molecule has 0 spiro atoms. The summed E-state index contributed by atoms with van der Waals surface area (Å²) in [5.74, 6) is 1.48. The van der Waals surface area contributed by atoms with Crippen LogP contribution in [0.15, 0.2) is 10.9 Å². The Kier molecular flexibility index (Phi) is 4.46. The van der Waals surface area contributed by atoms with Gasteiger partial charge < -0.3 is 9.84 Å². The summed E-state index contributed by atoms with van der Waals surface area (Å²) in [5, 5.41) is 7.02. The van der Waals surface area contributed by atoms with Gasteiger partial charge in [0, 0.05) is 0 Å². The molecule has 0 fully saturated rings. The van der Waals surface area contributed by atoms with Crippen molar-refractivity contribution in [1.29, 1.82) is 0 Å². The standard InChI is InChI=1S/C9H17N3O/c1-3-8(4-2)5-10-6-9-11-7-13-12-9/h7-8,10H,3-6H2,1-2H3. The summed E-state index contributed by atoms with van der Waals surface area (Å²) in [5.41, 5.74) is 0. The maximum Gasteiger partial charge on any atom is 0.213 e. The van der Waals surface area contributed by atoms with Gasteiger partial charge in [-0.25, -0.2) is 0 Å². The van der Waals surface area contributed by atoms with Gasteiger partial charge in [0.25, 0.3) is 0 Å². The van der Waals surface area contributed by atoms with E-state index in [9.17, 15) is 0 Å². The number of nitrogens with zero attached hydrogens (tertiary/aromatic N) is 2. The van der Waals surface area contributed by atoms with E-state index in [2.05, 4.69) is 33.8 Å². The lowest BCUT2D eigenvalue weighted by atomic mass is 10.0. The smallest absolute Gasteiger partial charge is 0.213 e. The molecule has 0 radical (unpaired) electrons. The third kappa shape index (κ3) is 3.55. The van der Waals surface area contributed by atoms with Crippen molar-refractivity contribution < 1.29 is 4.52 Å². The molecule has 0 atom stereocenters. The quantitative estimate of drug-likeness (QED) is 0.727. The fourth-order valence-corrected chi connectivity index (χ4v) is 1.24. The van der Waals surface area contributed by atoms with Crippen LogP contribution in [-0.2, 0) is 6.54 Å². The predicted molar refractivity (Wildman–Crippen MR) is 50.1 cm³/mol. The molecule has 0 saturated carbocycles. The zero-order valence-electron chi connectivity index (χ0n) is 8.29. The van der Waals surface area contributed by atoms with Crippen molar-refractivity contribution in [2.45, 2.75) is 33.2 Å². The molecule has 1 aromatic rings. The Morgan fingerprint density at radius 1 is 1.46 bits per heavy atom. The summed E-state index contributed by atoms with van der Waals surface area (Å²) in [6, 6.07) is 0. The van der Waals surface area contributed by atoms with Crippen LogP contribution in [0.1, 0.15) is 32.5 Å². The second kappa shape index (κ2) is 5.70. The maximum atomic E-state index is 4.62. The van der Waals surface area contributed by atoms with Gasteiger partial charge in [0.15, 0.2) is 5.82 Å². The number of nitrogens with one attached hydrogen (secondary N) is 1.